The maximum Gasteiger partial charge on any atom is 0.435 e. The molecule has 0 fully saturated rings. The summed E-state index contributed by atoms with van der Waals surface area (Å²) in [7, 11) is 0. The van der Waals surface area contributed by atoms with Gasteiger partial charge in [0.05, 0.1) is 17.2 Å². The summed E-state index contributed by atoms with van der Waals surface area (Å²) in [5.41, 5.74) is -0.152. The molecular formula is C12H10ClF3N4O2. The number of pyridine rings is 1. The van der Waals surface area contributed by atoms with Gasteiger partial charge in [-0.25, -0.2) is 15.1 Å². The first kappa shape index (κ1) is 16.2. The third-order valence-electron chi connectivity index (χ3n) is 2.49. The molecule has 0 radical (unpaired) electrons. The molecule has 6 nitrogen and oxygen atoms in total. The topological polar surface area (TPSA) is 69.0 Å². The van der Waals surface area contributed by atoms with Crippen molar-refractivity contribution in [1.82, 2.24) is 20.2 Å². The van der Waals surface area contributed by atoms with Gasteiger partial charge >= 0.3 is 6.18 Å². The number of carbonyl (C=O) groups is 1. The number of amides is 1. The van der Waals surface area contributed by atoms with Crippen LogP contribution in [-0.4, -0.2) is 27.3 Å². The summed E-state index contributed by atoms with van der Waals surface area (Å²) in [6.07, 6.45) is -2.58. The van der Waals surface area contributed by atoms with Crippen molar-refractivity contribution >= 4 is 17.5 Å². The van der Waals surface area contributed by atoms with Crippen LogP contribution in [0.4, 0.5) is 13.2 Å². The van der Waals surface area contributed by atoms with E-state index in [0.717, 1.165) is 10.9 Å². The van der Waals surface area contributed by atoms with Crippen LogP contribution in [0.3, 0.4) is 0 Å². The Balaban J connectivity index is 2.49. The minimum atomic E-state index is -4.81. The number of rotatable bonds is 4. The zero-order valence-electron chi connectivity index (χ0n) is 11.2. The van der Waals surface area contributed by atoms with Crippen molar-refractivity contribution in [2.24, 2.45) is 0 Å². The molecule has 10 heteroatoms. The molecular weight excluding hydrogens is 325 g/mol. The van der Waals surface area contributed by atoms with Crippen molar-refractivity contribution in [3.05, 3.63) is 40.8 Å². The Morgan fingerprint density at radius 1 is 1.50 bits per heavy atom. The predicted octanol–water partition coefficient (Wildman–Crippen LogP) is 2.62. The first-order valence-electron chi connectivity index (χ1n) is 6.04. The molecule has 2 heterocycles. The van der Waals surface area contributed by atoms with Crippen LogP contribution in [-0.2, 0) is 11.0 Å². The fraction of sp³-hybridized carbons (Fsp3) is 0.250. The maximum atomic E-state index is 13.0. The van der Waals surface area contributed by atoms with E-state index in [-0.39, 0.29) is 17.4 Å². The fourth-order valence-corrected chi connectivity index (χ4v) is 1.80. The van der Waals surface area contributed by atoms with Gasteiger partial charge < -0.3 is 0 Å². The molecule has 1 N–H and O–H groups in total. The van der Waals surface area contributed by atoms with Gasteiger partial charge in [-0.2, -0.15) is 18.3 Å². The van der Waals surface area contributed by atoms with Gasteiger partial charge in [0.1, 0.15) is 0 Å². The molecule has 2 aromatic rings. The van der Waals surface area contributed by atoms with E-state index in [1.807, 2.05) is 5.48 Å². The number of hydrogen-bond acceptors (Lipinski definition) is 4. The highest BCUT2D eigenvalue weighted by Crippen LogP contribution is 2.31. The van der Waals surface area contributed by atoms with Crippen LogP contribution in [0.2, 0.25) is 5.02 Å². The number of nitrogens with zero attached hydrogens (tertiary/aromatic N) is 3. The maximum absolute atomic E-state index is 13.0. The number of alkyl halides is 3. The summed E-state index contributed by atoms with van der Waals surface area (Å²) in [5.74, 6) is -1.09. The summed E-state index contributed by atoms with van der Waals surface area (Å²) in [5, 5.41) is 3.46. The lowest BCUT2D eigenvalue weighted by Crippen LogP contribution is -2.25. The fourth-order valence-electron chi connectivity index (χ4n) is 1.60. The zero-order chi connectivity index (χ0) is 16.3. The highest BCUT2D eigenvalue weighted by molar-refractivity contribution is 6.32. The normalized spacial score (nSPS) is 11.5. The zero-order valence-corrected chi connectivity index (χ0v) is 11.9. The van der Waals surface area contributed by atoms with Crippen LogP contribution < -0.4 is 5.48 Å². The molecule has 0 aliphatic rings. The summed E-state index contributed by atoms with van der Waals surface area (Å²) < 4.78 is 39.8. The van der Waals surface area contributed by atoms with Crippen LogP contribution >= 0.6 is 11.6 Å². The molecule has 0 aliphatic heterocycles. The molecule has 0 unspecified atom stereocenters. The Bertz CT molecular complexity index is 687. The van der Waals surface area contributed by atoms with Crippen LogP contribution in [0.5, 0.6) is 0 Å². The lowest BCUT2D eigenvalue weighted by Gasteiger charge is -2.06. The van der Waals surface area contributed by atoms with Gasteiger partial charge in [-0.05, 0) is 19.1 Å². The molecule has 2 rings (SSSR count). The van der Waals surface area contributed by atoms with E-state index >= 15 is 0 Å². The molecule has 0 bridgehead atoms. The van der Waals surface area contributed by atoms with E-state index in [1.54, 1.807) is 6.92 Å². The molecule has 1 amide bonds. The number of hydrogen-bond donors (Lipinski definition) is 1. The Morgan fingerprint density at radius 2 is 2.23 bits per heavy atom. The first-order valence-corrected chi connectivity index (χ1v) is 6.42. The minimum Gasteiger partial charge on any atom is -0.274 e. The van der Waals surface area contributed by atoms with Crippen LogP contribution in [0.1, 0.15) is 23.0 Å². The van der Waals surface area contributed by atoms with E-state index in [1.165, 1.54) is 18.3 Å². The second-order valence-electron chi connectivity index (χ2n) is 4.01. The average Bonchev–Trinajstić information content (AvgIpc) is 2.90. The molecule has 0 saturated carbocycles. The number of carbonyl (C=O) groups excluding carboxylic acids is 1. The van der Waals surface area contributed by atoms with Crippen LogP contribution in [0.15, 0.2) is 24.5 Å². The first-order chi connectivity index (χ1) is 10.3. The second-order valence-corrected chi connectivity index (χ2v) is 4.41. The Labute approximate surface area is 127 Å². The van der Waals surface area contributed by atoms with Gasteiger partial charge in [-0.3, -0.25) is 9.63 Å². The number of hydroxylamine groups is 1. The third kappa shape index (κ3) is 3.37. The molecule has 0 spiro atoms. The van der Waals surface area contributed by atoms with Crippen LogP contribution in [0, 0.1) is 0 Å². The van der Waals surface area contributed by atoms with E-state index < -0.39 is 23.3 Å². The third-order valence-corrected chi connectivity index (χ3v) is 2.79. The van der Waals surface area contributed by atoms with Gasteiger partial charge in [0.2, 0.25) is 0 Å². The monoisotopic (exact) mass is 334 g/mol. The summed E-state index contributed by atoms with van der Waals surface area (Å²) >= 11 is 5.87. The van der Waals surface area contributed by atoms with Gasteiger partial charge in [0.25, 0.3) is 5.91 Å². The van der Waals surface area contributed by atoms with Crippen molar-refractivity contribution in [3.8, 4) is 5.82 Å². The number of nitrogens with one attached hydrogen (secondary N) is 1. The highest BCUT2D eigenvalue weighted by atomic mass is 35.5. The van der Waals surface area contributed by atoms with Crippen LogP contribution in [0.25, 0.3) is 5.82 Å². The molecule has 0 saturated heterocycles. The lowest BCUT2D eigenvalue weighted by atomic mass is 10.2. The van der Waals surface area contributed by atoms with Crippen molar-refractivity contribution in [2.45, 2.75) is 13.1 Å². The quantitative estimate of drug-likeness (QED) is 0.873. The molecule has 0 atom stereocenters. The highest BCUT2D eigenvalue weighted by Gasteiger charge is 2.39. The Hall–Kier alpha value is -2.13. The van der Waals surface area contributed by atoms with E-state index in [2.05, 4.69) is 14.9 Å². The van der Waals surface area contributed by atoms with Crippen molar-refractivity contribution in [1.29, 1.82) is 0 Å². The average molecular weight is 335 g/mol. The molecule has 0 aromatic carbocycles. The van der Waals surface area contributed by atoms with Gasteiger partial charge in [0, 0.05) is 12.4 Å². The molecule has 118 valence electrons. The van der Waals surface area contributed by atoms with Crippen molar-refractivity contribution in [2.75, 3.05) is 6.61 Å². The smallest absolute Gasteiger partial charge is 0.274 e. The largest absolute Gasteiger partial charge is 0.435 e. The standard InChI is InChI=1S/C12H10ClF3N4O2/c1-2-22-19-11(21)7-6-20(18-9(7)12(14,15)16)10-8(13)4-3-5-17-10/h3-6H,2H2,1H3,(H,19,21). The minimum absolute atomic E-state index is 0.0230. The lowest BCUT2D eigenvalue weighted by molar-refractivity contribution is -0.141. The van der Waals surface area contributed by atoms with Crippen molar-refractivity contribution < 1.29 is 22.8 Å². The summed E-state index contributed by atoms with van der Waals surface area (Å²) in [6.45, 7) is 1.68. The Morgan fingerprint density at radius 3 is 2.82 bits per heavy atom. The molecule has 22 heavy (non-hydrogen) atoms. The Kier molecular flexibility index (Phi) is 4.67. The second kappa shape index (κ2) is 6.32. The SMILES string of the molecule is CCONC(=O)c1cn(-c2ncccc2Cl)nc1C(F)(F)F. The summed E-state index contributed by atoms with van der Waals surface area (Å²) in [6, 6.07) is 2.96. The van der Waals surface area contributed by atoms with E-state index in [4.69, 9.17) is 11.6 Å². The predicted molar refractivity (Wildman–Crippen MR) is 70.5 cm³/mol. The molecule has 0 aliphatic carbocycles. The van der Waals surface area contributed by atoms with Gasteiger partial charge in [0.15, 0.2) is 11.5 Å². The number of halogens is 4. The van der Waals surface area contributed by atoms with Gasteiger partial charge in [-0.1, -0.05) is 11.6 Å². The number of aromatic nitrogens is 3. The van der Waals surface area contributed by atoms with Gasteiger partial charge in [-0.15, -0.1) is 0 Å². The summed E-state index contributed by atoms with van der Waals surface area (Å²) in [4.78, 5) is 20.2. The van der Waals surface area contributed by atoms with E-state index in [9.17, 15) is 18.0 Å². The van der Waals surface area contributed by atoms with E-state index in [0.29, 0.717) is 0 Å². The molecule has 2 aromatic heterocycles. The van der Waals surface area contributed by atoms with Crippen molar-refractivity contribution in [3.63, 3.8) is 0 Å².